The number of ether oxygens (including phenoxy) is 1. The Morgan fingerprint density at radius 1 is 0.769 bits per heavy atom. The zero-order valence-electron chi connectivity index (χ0n) is 23.1. The van der Waals surface area contributed by atoms with E-state index in [1.807, 2.05) is 54.6 Å². The van der Waals surface area contributed by atoms with Gasteiger partial charge in [0.25, 0.3) is 0 Å². The molecule has 4 aromatic rings. The van der Waals surface area contributed by atoms with Crippen LogP contribution in [0.3, 0.4) is 0 Å². The van der Waals surface area contributed by atoms with Crippen molar-refractivity contribution < 1.29 is 14.0 Å². The first-order valence-corrected chi connectivity index (χ1v) is 17.2. The van der Waals surface area contributed by atoms with E-state index in [4.69, 9.17) is 9.16 Å². The van der Waals surface area contributed by atoms with Crippen molar-refractivity contribution in [3.63, 3.8) is 0 Å². The lowest BCUT2D eigenvalue weighted by Crippen LogP contribution is -2.47. The van der Waals surface area contributed by atoms with Crippen molar-refractivity contribution in [1.29, 1.82) is 0 Å². The Bertz CT molecular complexity index is 1340. The summed E-state index contributed by atoms with van der Waals surface area (Å²) in [7, 11) is -1.91. The summed E-state index contributed by atoms with van der Waals surface area (Å²) in [6.45, 7) is 8.54. The zero-order valence-corrected chi connectivity index (χ0v) is 24.1. The molecule has 1 fully saturated rings. The monoisotopic (exact) mass is 535 g/mol. The predicted octanol–water partition coefficient (Wildman–Crippen LogP) is 7.65. The van der Waals surface area contributed by atoms with Crippen LogP contribution < -0.4 is 4.43 Å². The average Bonchev–Trinajstić information content (AvgIpc) is 3.49. The van der Waals surface area contributed by atoms with Gasteiger partial charge >= 0.3 is 5.97 Å². The second-order valence-corrected chi connectivity index (χ2v) is 15.5. The molecule has 39 heavy (non-hydrogen) atoms. The third-order valence-electron chi connectivity index (χ3n) is 7.20. The fourth-order valence-electron chi connectivity index (χ4n) is 5.65. The molecule has 4 nitrogen and oxygen atoms in total. The van der Waals surface area contributed by atoms with Crippen LogP contribution in [0.25, 0.3) is 0 Å². The van der Waals surface area contributed by atoms with Gasteiger partial charge in [-0.05, 0) is 80.0 Å². The Balaban J connectivity index is 1.72. The second-order valence-electron chi connectivity index (χ2n) is 11.1. The highest BCUT2D eigenvalue weighted by atomic mass is 28.4. The second kappa shape index (κ2) is 11.6. The van der Waals surface area contributed by atoms with Gasteiger partial charge < -0.3 is 9.16 Å². The highest BCUT2D eigenvalue weighted by molar-refractivity contribution is 6.70. The van der Waals surface area contributed by atoms with E-state index in [0.717, 1.165) is 48.2 Å². The lowest BCUT2D eigenvalue weighted by Gasteiger charge is -2.44. The predicted molar refractivity (Wildman–Crippen MR) is 160 cm³/mol. The molecule has 0 saturated carbocycles. The minimum absolute atomic E-state index is 0.214. The summed E-state index contributed by atoms with van der Waals surface area (Å²) in [5.41, 5.74) is 4.03. The van der Waals surface area contributed by atoms with Crippen molar-refractivity contribution in [2.45, 2.75) is 44.6 Å². The maximum absolute atomic E-state index is 14.0. The van der Waals surface area contributed by atoms with E-state index in [0.29, 0.717) is 11.3 Å². The normalized spacial score (nSPS) is 14.2. The number of hydrogen-bond donors (Lipinski definition) is 0. The molecule has 1 aliphatic heterocycles. The van der Waals surface area contributed by atoms with E-state index >= 15 is 0 Å². The lowest BCUT2D eigenvalue weighted by molar-refractivity contribution is 0.0466. The van der Waals surface area contributed by atoms with E-state index in [2.05, 4.69) is 79.1 Å². The summed E-state index contributed by atoms with van der Waals surface area (Å²) in [6.07, 6.45) is 2.23. The molecule has 0 radical (unpaired) electrons. The molecule has 0 spiro atoms. The molecule has 1 saturated heterocycles. The molecule has 1 heterocycles. The van der Waals surface area contributed by atoms with Gasteiger partial charge in [-0.15, -0.1) is 0 Å². The first-order valence-electron chi connectivity index (χ1n) is 13.8. The fourth-order valence-corrected chi connectivity index (χ4v) is 6.48. The van der Waals surface area contributed by atoms with Gasteiger partial charge in [0.2, 0.25) is 8.32 Å². The van der Waals surface area contributed by atoms with Crippen LogP contribution in [-0.2, 0) is 16.9 Å². The summed E-state index contributed by atoms with van der Waals surface area (Å²) in [4.78, 5) is 16.5. The van der Waals surface area contributed by atoms with E-state index in [9.17, 15) is 4.79 Å². The van der Waals surface area contributed by atoms with E-state index < -0.39 is 13.9 Å². The van der Waals surface area contributed by atoms with Crippen LogP contribution in [0.1, 0.15) is 45.5 Å². The van der Waals surface area contributed by atoms with E-state index in [1.54, 1.807) is 0 Å². The summed E-state index contributed by atoms with van der Waals surface area (Å²) >= 11 is 0. The molecule has 0 aromatic heterocycles. The lowest BCUT2D eigenvalue weighted by atomic mass is 9.74. The molecule has 0 aliphatic carbocycles. The minimum atomic E-state index is -1.91. The number of hydrogen-bond acceptors (Lipinski definition) is 4. The van der Waals surface area contributed by atoms with Crippen molar-refractivity contribution in [1.82, 2.24) is 4.90 Å². The van der Waals surface area contributed by atoms with Crippen LogP contribution in [0, 0.1) is 0 Å². The van der Waals surface area contributed by atoms with Crippen LogP contribution in [0.15, 0.2) is 109 Å². The highest BCUT2D eigenvalue weighted by Gasteiger charge is 2.45. The molecule has 1 aliphatic rings. The smallest absolute Gasteiger partial charge is 0.338 e. The standard InChI is InChI=1S/C34H37NO3Si/c1-39(2,3)38-30-21-22-32(31(25-30)33(36)37-26-27-15-7-4-8-16-27)34(35-23-13-14-24-35,28-17-9-5-10-18-28)29-19-11-6-12-20-29/h4-12,15-22,25H,13-14,23-24,26H2,1-3H3. The van der Waals surface area contributed by atoms with Gasteiger partial charge in [-0.1, -0.05) is 97.1 Å². The van der Waals surface area contributed by atoms with Crippen LogP contribution in [0.4, 0.5) is 0 Å². The number of benzene rings is 4. The molecule has 0 bridgehead atoms. The van der Waals surface area contributed by atoms with Gasteiger partial charge in [0.1, 0.15) is 12.4 Å². The zero-order chi connectivity index (χ0) is 27.3. The molecule has 0 amide bonds. The van der Waals surface area contributed by atoms with Gasteiger partial charge in [0, 0.05) is 0 Å². The van der Waals surface area contributed by atoms with Crippen molar-refractivity contribution in [2.24, 2.45) is 0 Å². The van der Waals surface area contributed by atoms with Crippen molar-refractivity contribution >= 4 is 14.3 Å². The van der Waals surface area contributed by atoms with Crippen LogP contribution in [0.2, 0.25) is 19.6 Å². The van der Waals surface area contributed by atoms with Gasteiger partial charge in [-0.2, -0.15) is 0 Å². The maximum atomic E-state index is 14.0. The number of likely N-dealkylation sites (tertiary alicyclic amines) is 1. The molecular weight excluding hydrogens is 498 g/mol. The maximum Gasteiger partial charge on any atom is 0.338 e. The number of rotatable bonds is 9. The molecule has 200 valence electrons. The van der Waals surface area contributed by atoms with Crippen LogP contribution in [0.5, 0.6) is 5.75 Å². The van der Waals surface area contributed by atoms with Crippen LogP contribution in [-0.4, -0.2) is 32.3 Å². The first-order chi connectivity index (χ1) is 18.9. The highest BCUT2D eigenvalue weighted by Crippen LogP contribution is 2.46. The Morgan fingerprint density at radius 2 is 1.31 bits per heavy atom. The number of esters is 1. The third-order valence-corrected chi connectivity index (χ3v) is 8.05. The molecule has 5 heteroatoms. The number of nitrogens with zero attached hydrogens (tertiary/aromatic N) is 1. The third kappa shape index (κ3) is 5.85. The molecule has 0 N–H and O–H groups in total. The molecule has 5 rings (SSSR count). The fraction of sp³-hybridized carbons (Fsp3) is 0.265. The SMILES string of the molecule is C[Si](C)(C)Oc1ccc(C(c2ccccc2)(c2ccccc2)N2CCCC2)c(C(=O)OCc2ccccc2)c1. The Labute approximate surface area is 233 Å². The molecule has 0 atom stereocenters. The van der Waals surface area contributed by atoms with Crippen molar-refractivity contribution in [2.75, 3.05) is 13.1 Å². The summed E-state index contributed by atoms with van der Waals surface area (Å²) in [6, 6.07) is 37.0. The van der Waals surface area contributed by atoms with E-state index in [1.165, 1.54) is 0 Å². The Morgan fingerprint density at radius 3 is 1.85 bits per heavy atom. The quantitative estimate of drug-likeness (QED) is 0.125. The van der Waals surface area contributed by atoms with Gasteiger partial charge in [-0.3, -0.25) is 4.90 Å². The summed E-state index contributed by atoms with van der Waals surface area (Å²) < 4.78 is 12.3. The largest absolute Gasteiger partial charge is 0.544 e. The minimum Gasteiger partial charge on any atom is -0.544 e. The average molecular weight is 536 g/mol. The molecular formula is C34H37NO3Si. The van der Waals surface area contributed by atoms with Crippen molar-refractivity contribution in [3.8, 4) is 5.75 Å². The molecule has 4 aromatic carbocycles. The Hall–Kier alpha value is -3.67. The molecule has 0 unspecified atom stereocenters. The number of carbonyl (C=O) groups excluding carboxylic acids is 1. The topological polar surface area (TPSA) is 38.8 Å². The van der Waals surface area contributed by atoms with Gasteiger partial charge in [-0.25, -0.2) is 4.79 Å². The van der Waals surface area contributed by atoms with E-state index in [-0.39, 0.29) is 12.6 Å². The van der Waals surface area contributed by atoms with Gasteiger partial charge in [0.05, 0.1) is 11.1 Å². The number of carbonyl (C=O) groups is 1. The first kappa shape index (κ1) is 26.9. The van der Waals surface area contributed by atoms with Gasteiger partial charge in [0.15, 0.2) is 0 Å². The summed E-state index contributed by atoms with van der Waals surface area (Å²) in [5, 5.41) is 0. The Kier molecular flexibility index (Phi) is 8.01. The van der Waals surface area contributed by atoms with Crippen molar-refractivity contribution in [3.05, 3.63) is 137 Å². The van der Waals surface area contributed by atoms with Crippen LogP contribution >= 0.6 is 0 Å². The summed E-state index contributed by atoms with van der Waals surface area (Å²) in [5.74, 6) is 0.367.